The van der Waals surface area contributed by atoms with Gasteiger partial charge >= 0.3 is 0 Å². The van der Waals surface area contributed by atoms with E-state index in [2.05, 4.69) is 21.8 Å². The summed E-state index contributed by atoms with van der Waals surface area (Å²) in [7, 11) is 1.70. The van der Waals surface area contributed by atoms with Crippen molar-refractivity contribution in [2.45, 2.75) is 26.4 Å². The van der Waals surface area contributed by atoms with Gasteiger partial charge in [0.25, 0.3) is 0 Å². The second kappa shape index (κ2) is 9.15. The minimum atomic E-state index is 0.723. The van der Waals surface area contributed by atoms with Crippen LogP contribution in [-0.4, -0.2) is 43.0 Å². The van der Waals surface area contributed by atoms with Crippen LogP contribution in [0.4, 0.5) is 0 Å². The summed E-state index contributed by atoms with van der Waals surface area (Å²) in [6, 6.07) is 0. The molecule has 0 unspecified atom stereocenters. The van der Waals surface area contributed by atoms with Crippen molar-refractivity contribution in [3.05, 3.63) is 18.2 Å². The third kappa shape index (κ3) is 5.81. The van der Waals surface area contributed by atoms with E-state index in [1.165, 1.54) is 0 Å². The lowest BCUT2D eigenvalue weighted by Gasteiger charge is -2.09. The molecule has 98 valence electrons. The zero-order valence-electron chi connectivity index (χ0n) is 10.8. The molecule has 1 aromatic rings. The van der Waals surface area contributed by atoms with Crippen molar-refractivity contribution >= 4 is 0 Å². The van der Waals surface area contributed by atoms with Gasteiger partial charge in [0.05, 0.1) is 19.8 Å². The molecule has 0 saturated heterocycles. The molecular weight excluding hydrogens is 218 g/mol. The van der Waals surface area contributed by atoms with E-state index < -0.39 is 0 Å². The Morgan fingerprint density at radius 2 is 2.24 bits per heavy atom. The summed E-state index contributed by atoms with van der Waals surface area (Å²) >= 11 is 0. The van der Waals surface area contributed by atoms with Gasteiger partial charge in [0, 0.05) is 39.2 Å². The maximum absolute atomic E-state index is 5.47. The van der Waals surface area contributed by atoms with E-state index in [0.29, 0.717) is 0 Å². The molecule has 0 radical (unpaired) electrons. The first-order chi connectivity index (χ1) is 8.38. The Balaban J connectivity index is 2.22. The number of nitrogens with zero attached hydrogens (tertiary/aromatic N) is 2. The first-order valence-electron chi connectivity index (χ1n) is 6.16. The summed E-state index contributed by atoms with van der Waals surface area (Å²) < 4.78 is 12.6. The Morgan fingerprint density at radius 3 is 3.00 bits per heavy atom. The van der Waals surface area contributed by atoms with Gasteiger partial charge in [-0.2, -0.15) is 0 Å². The van der Waals surface area contributed by atoms with Crippen molar-refractivity contribution in [1.82, 2.24) is 14.9 Å². The molecule has 5 nitrogen and oxygen atoms in total. The Labute approximate surface area is 103 Å². The summed E-state index contributed by atoms with van der Waals surface area (Å²) in [5.41, 5.74) is 0. The van der Waals surface area contributed by atoms with Gasteiger partial charge in [0.1, 0.15) is 5.82 Å². The second-order valence-corrected chi connectivity index (χ2v) is 3.82. The molecule has 0 bridgehead atoms. The number of nitrogens with one attached hydrogen (secondary N) is 1. The first kappa shape index (κ1) is 14.2. The normalized spacial score (nSPS) is 10.9. The van der Waals surface area contributed by atoms with Gasteiger partial charge in [-0.05, 0) is 6.42 Å². The number of aromatic nitrogens is 2. The van der Waals surface area contributed by atoms with E-state index in [-0.39, 0.29) is 0 Å². The standard InChI is InChI=1S/C12H23N3O2/c1-3-8-17-10-7-15-6-4-14-12(15)11-13-5-9-16-2/h4,6,13H,3,5,7-11H2,1-2H3. The maximum Gasteiger partial charge on any atom is 0.122 e. The SMILES string of the molecule is CCCOCCn1ccnc1CNCCOC. The molecule has 1 aromatic heterocycles. The minimum absolute atomic E-state index is 0.723. The average Bonchev–Trinajstić information content (AvgIpc) is 2.78. The fourth-order valence-corrected chi connectivity index (χ4v) is 1.49. The number of ether oxygens (including phenoxy) is 2. The fourth-order valence-electron chi connectivity index (χ4n) is 1.49. The Bertz CT molecular complexity index is 263. The van der Waals surface area contributed by atoms with E-state index in [4.69, 9.17) is 9.47 Å². The highest BCUT2D eigenvalue weighted by molar-refractivity contribution is 4.91. The molecule has 0 aromatic carbocycles. The van der Waals surface area contributed by atoms with Crippen LogP contribution >= 0.6 is 0 Å². The van der Waals surface area contributed by atoms with E-state index in [1.807, 2.05) is 12.4 Å². The smallest absolute Gasteiger partial charge is 0.122 e. The van der Waals surface area contributed by atoms with Gasteiger partial charge in [0.15, 0.2) is 0 Å². The van der Waals surface area contributed by atoms with Crippen molar-refractivity contribution in [3.63, 3.8) is 0 Å². The number of imidazole rings is 1. The third-order valence-electron chi connectivity index (χ3n) is 2.39. The van der Waals surface area contributed by atoms with Crippen LogP contribution < -0.4 is 5.32 Å². The molecule has 1 heterocycles. The quantitative estimate of drug-likeness (QED) is 0.622. The lowest BCUT2D eigenvalue weighted by atomic mass is 10.5. The number of hydrogen-bond acceptors (Lipinski definition) is 4. The zero-order chi connectivity index (χ0) is 12.3. The van der Waals surface area contributed by atoms with Gasteiger partial charge in [0.2, 0.25) is 0 Å². The van der Waals surface area contributed by atoms with Gasteiger partial charge in [-0.25, -0.2) is 4.98 Å². The lowest BCUT2D eigenvalue weighted by molar-refractivity contribution is 0.126. The van der Waals surface area contributed by atoms with Gasteiger partial charge in [-0.1, -0.05) is 6.92 Å². The molecule has 0 amide bonds. The molecule has 1 rings (SSSR count). The predicted molar refractivity (Wildman–Crippen MR) is 66.9 cm³/mol. The van der Waals surface area contributed by atoms with Crippen molar-refractivity contribution < 1.29 is 9.47 Å². The predicted octanol–water partition coefficient (Wildman–Crippen LogP) is 1.05. The van der Waals surface area contributed by atoms with Crippen LogP contribution in [-0.2, 0) is 22.6 Å². The van der Waals surface area contributed by atoms with Crippen LogP contribution in [0.2, 0.25) is 0 Å². The van der Waals surface area contributed by atoms with Crippen LogP contribution in [0.15, 0.2) is 12.4 Å². The van der Waals surface area contributed by atoms with Crippen LogP contribution in [0.5, 0.6) is 0 Å². The van der Waals surface area contributed by atoms with Gasteiger partial charge in [-0.3, -0.25) is 0 Å². The lowest BCUT2D eigenvalue weighted by Crippen LogP contribution is -2.21. The Kier molecular flexibility index (Phi) is 7.62. The van der Waals surface area contributed by atoms with E-state index in [1.54, 1.807) is 7.11 Å². The summed E-state index contributed by atoms with van der Waals surface area (Å²) in [5, 5.41) is 3.28. The summed E-state index contributed by atoms with van der Waals surface area (Å²) in [5.74, 6) is 1.04. The van der Waals surface area contributed by atoms with Crippen LogP contribution in [0.1, 0.15) is 19.2 Å². The Morgan fingerprint density at radius 1 is 1.35 bits per heavy atom. The first-order valence-corrected chi connectivity index (χ1v) is 6.16. The number of hydrogen-bond donors (Lipinski definition) is 1. The van der Waals surface area contributed by atoms with Crippen LogP contribution in [0.25, 0.3) is 0 Å². The largest absolute Gasteiger partial charge is 0.383 e. The molecular formula is C12H23N3O2. The highest BCUT2D eigenvalue weighted by atomic mass is 16.5. The van der Waals surface area contributed by atoms with E-state index in [9.17, 15) is 0 Å². The number of rotatable bonds is 10. The van der Waals surface area contributed by atoms with E-state index in [0.717, 1.165) is 51.7 Å². The van der Waals surface area contributed by atoms with Crippen LogP contribution in [0, 0.1) is 0 Å². The fraction of sp³-hybridized carbons (Fsp3) is 0.750. The van der Waals surface area contributed by atoms with Crippen molar-refractivity contribution in [2.24, 2.45) is 0 Å². The molecule has 1 N–H and O–H groups in total. The summed E-state index contributed by atoms with van der Waals surface area (Å²) in [4.78, 5) is 4.32. The van der Waals surface area contributed by atoms with Crippen molar-refractivity contribution in [3.8, 4) is 0 Å². The molecule has 5 heteroatoms. The number of methoxy groups -OCH3 is 1. The molecule has 0 aliphatic heterocycles. The summed E-state index contributed by atoms with van der Waals surface area (Å²) in [6.45, 7) is 6.88. The molecule has 17 heavy (non-hydrogen) atoms. The summed E-state index contributed by atoms with van der Waals surface area (Å²) in [6.07, 6.45) is 4.88. The van der Waals surface area contributed by atoms with Crippen molar-refractivity contribution in [2.75, 3.05) is 33.5 Å². The molecule has 0 atom stereocenters. The van der Waals surface area contributed by atoms with E-state index >= 15 is 0 Å². The average molecular weight is 241 g/mol. The highest BCUT2D eigenvalue weighted by Gasteiger charge is 2.01. The van der Waals surface area contributed by atoms with Gasteiger partial charge in [-0.15, -0.1) is 0 Å². The van der Waals surface area contributed by atoms with Gasteiger partial charge < -0.3 is 19.4 Å². The highest BCUT2D eigenvalue weighted by Crippen LogP contribution is 1.97. The molecule has 0 saturated carbocycles. The van der Waals surface area contributed by atoms with Crippen molar-refractivity contribution in [1.29, 1.82) is 0 Å². The zero-order valence-corrected chi connectivity index (χ0v) is 10.8. The molecule has 0 aliphatic rings. The monoisotopic (exact) mass is 241 g/mol. The topological polar surface area (TPSA) is 48.3 Å². The third-order valence-corrected chi connectivity index (χ3v) is 2.39. The maximum atomic E-state index is 5.47. The Hall–Kier alpha value is -0.910. The van der Waals surface area contributed by atoms with Crippen LogP contribution in [0.3, 0.4) is 0 Å². The second-order valence-electron chi connectivity index (χ2n) is 3.82. The molecule has 0 spiro atoms. The molecule has 0 aliphatic carbocycles. The minimum Gasteiger partial charge on any atom is -0.383 e. The molecule has 0 fully saturated rings.